The van der Waals surface area contributed by atoms with E-state index >= 15 is 0 Å². The summed E-state index contributed by atoms with van der Waals surface area (Å²) in [5, 5.41) is 12.1. The maximum atomic E-state index is 13.0. The summed E-state index contributed by atoms with van der Waals surface area (Å²) in [6, 6.07) is 7.94. The van der Waals surface area contributed by atoms with Gasteiger partial charge in [0.15, 0.2) is 0 Å². The zero-order valence-electron chi connectivity index (χ0n) is 14.7. The third-order valence-corrected chi connectivity index (χ3v) is 6.66. The van der Waals surface area contributed by atoms with Crippen molar-refractivity contribution >= 4 is 15.9 Å². The Kier molecular flexibility index (Phi) is 6.57. The Morgan fingerprint density at radius 2 is 2.08 bits per heavy atom. The van der Waals surface area contributed by atoms with Gasteiger partial charge >= 0.3 is 0 Å². The average molecular weight is 363 g/mol. The highest BCUT2D eigenvalue weighted by molar-refractivity contribution is 7.89. The summed E-state index contributed by atoms with van der Waals surface area (Å²) in [5.74, 6) is -0.439. The van der Waals surface area contributed by atoms with Crippen LogP contribution in [0.5, 0.6) is 0 Å². The molecule has 136 valence electrons. The maximum absolute atomic E-state index is 13.0. The van der Waals surface area contributed by atoms with E-state index in [9.17, 15) is 18.5 Å². The quantitative estimate of drug-likeness (QED) is 0.785. The molecule has 0 saturated carbocycles. The molecule has 6 nitrogen and oxygen atoms in total. The Morgan fingerprint density at radius 3 is 2.76 bits per heavy atom. The fourth-order valence-electron chi connectivity index (χ4n) is 3.07. The van der Waals surface area contributed by atoms with E-state index in [1.807, 2.05) is 13.0 Å². The van der Waals surface area contributed by atoms with Crippen molar-refractivity contribution in [2.45, 2.75) is 50.5 Å². The highest BCUT2D eigenvalue weighted by Gasteiger charge is 2.38. The smallest absolute Gasteiger partial charge is 0.244 e. The van der Waals surface area contributed by atoms with Crippen molar-refractivity contribution in [1.29, 1.82) is 5.26 Å². The van der Waals surface area contributed by atoms with Crippen LogP contribution in [0, 0.1) is 17.2 Å². The first kappa shape index (κ1) is 19.4. The van der Waals surface area contributed by atoms with Gasteiger partial charge in [-0.25, -0.2) is 8.42 Å². The van der Waals surface area contributed by atoms with Crippen LogP contribution in [0.1, 0.15) is 45.1 Å². The number of carbonyl (C=O) groups excluding carboxylic acids is 1. The van der Waals surface area contributed by atoms with Crippen molar-refractivity contribution < 1.29 is 13.2 Å². The summed E-state index contributed by atoms with van der Waals surface area (Å²) < 4.78 is 27.5. The predicted molar refractivity (Wildman–Crippen MR) is 95.2 cm³/mol. The van der Waals surface area contributed by atoms with Gasteiger partial charge in [-0.15, -0.1) is 0 Å². The number of nitriles is 1. The zero-order chi connectivity index (χ0) is 18.4. The van der Waals surface area contributed by atoms with E-state index in [4.69, 9.17) is 0 Å². The Morgan fingerprint density at radius 1 is 1.36 bits per heavy atom. The molecule has 1 aromatic carbocycles. The third-order valence-electron chi connectivity index (χ3n) is 4.62. The van der Waals surface area contributed by atoms with Gasteiger partial charge < -0.3 is 5.32 Å². The standard InChI is InChI=1S/C18H25N3O3S/c1-3-4-11-20-18(22)16-10-9-14(2)21(13-16)25(23,24)17-8-6-5-7-15(17)12-19/h5-8,14,16H,3-4,9-11,13H2,1-2H3,(H,20,22)/t14-,16-/m1/s1. The van der Waals surface area contributed by atoms with Gasteiger partial charge in [-0.1, -0.05) is 25.5 Å². The average Bonchev–Trinajstić information content (AvgIpc) is 2.62. The first-order chi connectivity index (χ1) is 11.9. The van der Waals surface area contributed by atoms with E-state index in [-0.39, 0.29) is 34.9 Å². The Hall–Kier alpha value is -1.91. The van der Waals surface area contributed by atoms with Crippen LogP contribution in [0.15, 0.2) is 29.2 Å². The molecule has 0 unspecified atom stereocenters. The Bertz CT molecular complexity index is 755. The topological polar surface area (TPSA) is 90.3 Å². The van der Waals surface area contributed by atoms with Gasteiger partial charge in [0.25, 0.3) is 0 Å². The largest absolute Gasteiger partial charge is 0.356 e. The van der Waals surface area contributed by atoms with E-state index in [1.165, 1.54) is 16.4 Å². The lowest BCUT2D eigenvalue weighted by Gasteiger charge is -2.36. The number of sulfonamides is 1. The molecule has 1 aromatic rings. The number of carbonyl (C=O) groups is 1. The molecule has 0 aliphatic carbocycles. The van der Waals surface area contributed by atoms with Gasteiger partial charge in [-0.3, -0.25) is 4.79 Å². The normalized spacial score (nSPS) is 21.5. The van der Waals surface area contributed by atoms with Crippen LogP contribution in [0.25, 0.3) is 0 Å². The Balaban J connectivity index is 2.21. The molecule has 1 aliphatic heterocycles. The van der Waals surface area contributed by atoms with Crippen molar-refractivity contribution in [2.75, 3.05) is 13.1 Å². The summed E-state index contributed by atoms with van der Waals surface area (Å²) in [6.45, 7) is 4.67. The maximum Gasteiger partial charge on any atom is 0.244 e. The molecule has 0 aromatic heterocycles. The molecule has 0 bridgehead atoms. The molecule has 2 atom stereocenters. The molecule has 25 heavy (non-hydrogen) atoms. The molecular formula is C18H25N3O3S. The molecule has 0 spiro atoms. The second-order valence-corrected chi connectivity index (χ2v) is 8.31. The number of unbranched alkanes of at least 4 members (excludes halogenated alkanes) is 1. The van der Waals surface area contributed by atoms with Gasteiger partial charge in [0.05, 0.1) is 16.4 Å². The summed E-state index contributed by atoms with van der Waals surface area (Å²) in [7, 11) is -3.81. The van der Waals surface area contributed by atoms with Gasteiger partial charge in [-0.05, 0) is 38.3 Å². The number of nitrogens with zero attached hydrogens (tertiary/aromatic N) is 2. The van der Waals surface area contributed by atoms with Gasteiger partial charge in [-0.2, -0.15) is 9.57 Å². The number of amides is 1. The molecule has 1 amide bonds. The van der Waals surface area contributed by atoms with Crippen LogP contribution >= 0.6 is 0 Å². The molecule has 1 N–H and O–H groups in total. The molecule has 1 aliphatic rings. The minimum absolute atomic E-state index is 0.0105. The number of nitrogens with one attached hydrogen (secondary N) is 1. The zero-order valence-corrected chi connectivity index (χ0v) is 15.6. The summed E-state index contributed by atoms with van der Waals surface area (Å²) in [6.07, 6.45) is 3.20. The highest BCUT2D eigenvalue weighted by Crippen LogP contribution is 2.29. The van der Waals surface area contributed by atoms with E-state index in [0.29, 0.717) is 19.4 Å². The van der Waals surface area contributed by atoms with Crippen LogP contribution in [0.2, 0.25) is 0 Å². The van der Waals surface area contributed by atoms with Crippen LogP contribution in [0.3, 0.4) is 0 Å². The van der Waals surface area contributed by atoms with E-state index in [1.54, 1.807) is 12.1 Å². The lowest BCUT2D eigenvalue weighted by atomic mass is 9.94. The molecule has 7 heteroatoms. The minimum Gasteiger partial charge on any atom is -0.356 e. The van der Waals surface area contributed by atoms with Crippen LogP contribution < -0.4 is 5.32 Å². The second-order valence-electron chi connectivity index (χ2n) is 6.45. The fourth-order valence-corrected chi connectivity index (χ4v) is 4.92. The summed E-state index contributed by atoms with van der Waals surface area (Å²) in [4.78, 5) is 12.3. The lowest BCUT2D eigenvalue weighted by molar-refractivity contribution is -0.126. The van der Waals surface area contributed by atoms with Crippen LogP contribution in [-0.4, -0.2) is 37.8 Å². The lowest BCUT2D eigenvalue weighted by Crippen LogP contribution is -2.49. The van der Waals surface area contributed by atoms with Crippen molar-refractivity contribution in [3.05, 3.63) is 29.8 Å². The monoisotopic (exact) mass is 363 g/mol. The molecule has 1 fully saturated rings. The number of hydrogen-bond acceptors (Lipinski definition) is 4. The predicted octanol–water partition coefficient (Wildman–Crippen LogP) is 2.26. The van der Waals surface area contributed by atoms with Crippen molar-refractivity contribution in [3.63, 3.8) is 0 Å². The molecular weight excluding hydrogens is 338 g/mol. The third kappa shape index (κ3) is 4.39. The summed E-state index contributed by atoms with van der Waals surface area (Å²) >= 11 is 0. The van der Waals surface area contributed by atoms with Gasteiger partial charge in [0.1, 0.15) is 6.07 Å². The summed E-state index contributed by atoms with van der Waals surface area (Å²) in [5.41, 5.74) is 0.129. The van der Waals surface area contributed by atoms with Crippen LogP contribution in [-0.2, 0) is 14.8 Å². The Labute approximate surface area is 149 Å². The first-order valence-corrected chi connectivity index (χ1v) is 10.1. The minimum atomic E-state index is -3.81. The highest BCUT2D eigenvalue weighted by atomic mass is 32.2. The number of rotatable bonds is 6. The van der Waals surface area contributed by atoms with Gasteiger partial charge in [0, 0.05) is 19.1 Å². The molecule has 2 rings (SSSR count). The molecule has 1 saturated heterocycles. The second kappa shape index (κ2) is 8.45. The number of hydrogen-bond donors (Lipinski definition) is 1. The van der Waals surface area contributed by atoms with Crippen molar-refractivity contribution in [3.8, 4) is 6.07 Å². The first-order valence-electron chi connectivity index (χ1n) is 8.70. The number of benzene rings is 1. The van der Waals surface area contributed by atoms with E-state index in [0.717, 1.165) is 12.8 Å². The van der Waals surface area contributed by atoms with E-state index < -0.39 is 10.0 Å². The number of piperidine rings is 1. The van der Waals surface area contributed by atoms with E-state index in [2.05, 4.69) is 12.2 Å². The molecule has 1 heterocycles. The molecule has 0 radical (unpaired) electrons. The van der Waals surface area contributed by atoms with Crippen LogP contribution in [0.4, 0.5) is 0 Å². The van der Waals surface area contributed by atoms with Crippen molar-refractivity contribution in [1.82, 2.24) is 9.62 Å². The van der Waals surface area contributed by atoms with Gasteiger partial charge in [0.2, 0.25) is 15.9 Å². The van der Waals surface area contributed by atoms with Crippen molar-refractivity contribution in [2.24, 2.45) is 5.92 Å². The SMILES string of the molecule is CCCCNC(=O)[C@@H]1CC[C@@H](C)N(S(=O)(=O)c2ccccc2C#N)C1. The fraction of sp³-hybridized carbons (Fsp3) is 0.556.